The molecule has 2 heterocycles. The van der Waals surface area contributed by atoms with E-state index in [-0.39, 0.29) is 35.9 Å². The molecule has 0 saturated carbocycles. The molecule has 0 bridgehead atoms. The first-order chi connectivity index (χ1) is 12.6. The maximum atomic E-state index is 12.4. The lowest BCUT2D eigenvalue weighted by atomic mass is 9.97. The Morgan fingerprint density at radius 1 is 1.22 bits per heavy atom. The lowest BCUT2D eigenvalue weighted by molar-refractivity contribution is -0.131. The second-order valence-corrected chi connectivity index (χ2v) is 6.64. The fourth-order valence-electron chi connectivity index (χ4n) is 3.37. The molecule has 1 aliphatic rings. The van der Waals surface area contributed by atoms with Gasteiger partial charge in [-0.25, -0.2) is 0 Å². The van der Waals surface area contributed by atoms with Gasteiger partial charge in [-0.1, -0.05) is 12.1 Å². The van der Waals surface area contributed by atoms with Crippen LogP contribution in [0.4, 0.5) is 0 Å². The van der Waals surface area contributed by atoms with Gasteiger partial charge in [-0.2, -0.15) is 0 Å². The molecule has 3 rings (SSSR count). The zero-order chi connectivity index (χ0) is 18.5. The molecule has 0 radical (unpaired) electrons. The highest BCUT2D eigenvalue weighted by Gasteiger charge is 2.23. The Balaban J connectivity index is 0.00000261. The molecule has 1 saturated heterocycles. The van der Waals surface area contributed by atoms with Crippen molar-refractivity contribution in [3.63, 3.8) is 0 Å². The Morgan fingerprint density at radius 2 is 1.93 bits per heavy atom. The number of carbonyl (C=O) groups excluding carboxylic acids is 2. The number of rotatable bonds is 5. The zero-order valence-electron chi connectivity index (χ0n) is 15.3. The van der Waals surface area contributed by atoms with Crippen LogP contribution in [0.25, 0.3) is 10.9 Å². The van der Waals surface area contributed by atoms with Crippen LogP contribution in [0.2, 0.25) is 0 Å². The number of hydrogen-bond acceptors (Lipinski definition) is 4. The van der Waals surface area contributed by atoms with Crippen LogP contribution >= 0.6 is 12.4 Å². The van der Waals surface area contributed by atoms with Gasteiger partial charge in [0.05, 0.1) is 6.54 Å². The molecule has 1 fully saturated rings. The second kappa shape index (κ2) is 9.53. The number of amides is 2. The Labute approximate surface area is 163 Å². The number of likely N-dealkylation sites (tertiary alicyclic amines) is 1. The van der Waals surface area contributed by atoms with Crippen molar-refractivity contribution in [2.45, 2.75) is 12.8 Å². The first kappa shape index (κ1) is 20.9. The quantitative estimate of drug-likeness (QED) is 0.711. The predicted octanol–water partition coefficient (Wildman–Crippen LogP) is 1.14. The average Bonchev–Trinajstić information content (AvgIpc) is 2.67. The number of pyridine rings is 1. The van der Waals surface area contributed by atoms with Crippen LogP contribution in [-0.2, 0) is 4.79 Å². The third-order valence-electron chi connectivity index (χ3n) is 4.89. The largest absolute Gasteiger partial charge is 0.360 e. The van der Waals surface area contributed by atoms with Crippen molar-refractivity contribution in [1.82, 2.24) is 20.5 Å². The van der Waals surface area contributed by atoms with Crippen molar-refractivity contribution in [3.05, 3.63) is 46.2 Å². The van der Waals surface area contributed by atoms with E-state index in [0.29, 0.717) is 29.9 Å². The van der Waals surface area contributed by atoms with Gasteiger partial charge >= 0.3 is 0 Å². The minimum atomic E-state index is -0.532. The van der Waals surface area contributed by atoms with E-state index in [4.69, 9.17) is 0 Å². The maximum Gasteiger partial charge on any atom is 0.257 e. The highest BCUT2D eigenvalue weighted by Crippen LogP contribution is 2.16. The molecule has 2 amide bonds. The van der Waals surface area contributed by atoms with E-state index in [1.54, 1.807) is 23.1 Å². The van der Waals surface area contributed by atoms with Crippen molar-refractivity contribution in [3.8, 4) is 0 Å². The maximum absolute atomic E-state index is 12.4. The Morgan fingerprint density at radius 3 is 2.63 bits per heavy atom. The van der Waals surface area contributed by atoms with Crippen LogP contribution in [0.3, 0.4) is 0 Å². The van der Waals surface area contributed by atoms with Gasteiger partial charge in [0.1, 0.15) is 5.56 Å². The number of aromatic nitrogens is 1. The standard InChI is InChI=1S/C19H24N4O3.ClH/c1-20-10-13-6-8-23(9-7-13)17(24)12-22-19(26)15-11-21-16-5-3-2-4-14(16)18(15)25;/h2-5,11,13,20H,6-10,12H2,1H3,(H,21,25)(H,22,26);1H. The van der Waals surface area contributed by atoms with Gasteiger partial charge in [0.25, 0.3) is 5.91 Å². The summed E-state index contributed by atoms with van der Waals surface area (Å²) in [6.07, 6.45) is 3.32. The monoisotopic (exact) mass is 392 g/mol. The first-order valence-electron chi connectivity index (χ1n) is 8.91. The van der Waals surface area contributed by atoms with Crippen molar-refractivity contribution in [2.24, 2.45) is 5.92 Å². The predicted molar refractivity (Wildman–Crippen MR) is 107 cm³/mol. The summed E-state index contributed by atoms with van der Waals surface area (Å²) < 4.78 is 0. The fraction of sp³-hybridized carbons (Fsp3) is 0.421. The van der Waals surface area contributed by atoms with Crippen LogP contribution < -0.4 is 16.1 Å². The number of benzene rings is 1. The molecular formula is C19H25ClN4O3. The summed E-state index contributed by atoms with van der Waals surface area (Å²) in [7, 11) is 1.93. The second-order valence-electron chi connectivity index (χ2n) is 6.64. The Kier molecular flexibility index (Phi) is 7.38. The topological polar surface area (TPSA) is 94.3 Å². The van der Waals surface area contributed by atoms with E-state index in [9.17, 15) is 14.4 Å². The number of aromatic amines is 1. The molecule has 0 unspecified atom stereocenters. The van der Waals surface area contributed by atoms with E-state index in [1.807, 2.05) is 13.1 Å². The van der Waals surface area contributed by atoms with Crippen LogP contribution in [-0.4, -0.2) is 54.9 Å². The molecule has 8 heteroatoms. The number of fused-ring (bicyclic) bond motifs is 1. The average molecular weight is 393 g/mol. The van der Waals surface area contributed by atoms with Crippen LogP contribution in [0, 0.1) is 5.92 Å². The molecule has 3 N–H and O–H groups in total. The summed E-state index contributed by atoms with van der Waals surface area (Å²) in [6, 6.07) is 7.02. The van der Waals surface area contributed by atoms with Crippen LogP contribution in [0.1, 0.15) is 23.2 Å². The first-order valence-corrected chi connectivity index (χ1v) is 8.91. The highest BCUT2D eigenvalue weighted by atomic mass is 35.5. The molecular weight excluding hydrogens is 368 g/mol. The van der Waals surface area contributed by atoms with Gasteiger partial charge < -0.3 is 20.5 Å². The number of halogens is 1. The third kappa shape index (κ3) is 4.87. The van der Waals surface area contributed by atoms with E-state index < -0.39 is 5.91 Å². The van der Waals surface area contributed by atoms with E-state index in [1.165, 1.54) is 6.20 Å². The molecule has 27 heavy (non-hydrogen) atoms. The summed E-state index contributed by atoms with van der Waals surface area (Å²) in [4.78, 5) is 41.8. The third-order valence-corrected chi connectivity index (χ3v) is 4.89. The molecule has 146 valence electrons. The SMILES string of the molecule is CNCC1CCN(C(=O)CNC(=O)c2c[nH]c3ccccc3c2=O)CC1.Cl. The van der Waals surface area contributed by atoms with E-state index in [0.717, 1.165) is 19.4 Å². The molecule has 0 atom stereocenters. The number of nitrogens with one attached hydrogen (secondary N) is 3. The normalized spacial score (nSPS) is 14.6. The summed E-state index contributed by atoms with van der Waals surface area (Å²) in [5.74, 6) is -0.0521. The number of carbonyl (C=O) groups is 2. The molecule has 7 nitrogen and oxygen atoms in total. The minimum absolute atomic E-state index is 0. The van der Waals surface area contributed by atoms with E-state index in [2.05, 4.69) is 15.6 Å². The fourth-order valence-corrected chi connectivity index (χ4v) is 3.37. The zero-order valence-corrected chi connectivity index (χ0v) is 16.1. The summed E-state index contributed by atoms with van der Waals surface area (Å²) in [6.45, 7) is 2.28. The van der Waals surface area contributed by atoms with E-state index >= 15 is 0 Å². The summed E-state index contributed by atoms with van der Waals surface area (Å²) in [5.41, 5.74) is 0.357. The number of H-pyrrole nitrogens is 1. The molecule has 2 aromatic rings. The van der Waals surface area contributed by atoms with Gasteiger partial charge in [-0.05, 0) is 44.5 Å². The molecule has 1 aromatic carbocycles. The molecule has 0 spiro atoms. The Bertz CT molecular complexity index is 859. The highest BCUT2D eigenvalue weighted by molar-refractivity contribution is 5.98. The number of hydrogen-bond donors (Lipinski definition) is 3. The van der Waals surface area contributed by atoms with Crippen molar-refractivity contribution in [2.75, 3.05) is 33.2 Å². The molecule has 1 aliphatic heterocycles. The number of nitrogens with zero attached hydrogens (tertiary/aromatic N) is 1. The van der Waals surface area contributed by atoms with Crippen LogP contribution in [0.15, 0.2) is 35.3 Å². The smallest absolute Gasteiger partial charge is 0.257 e. The minimum Gasteiger partial charge on any atom is -0.360 e. The summed E-state index contributed by atoms with van der Waals surface area (Å²) >= 11 is 0. The number of piperidine rings is 1. The van der Waals surface area contributed by atoms with Crippen molar-refractivity contribution >= 4 is 35.1 Å². The summed E-state index contributed by atoms with van der Waals surface area (Å²) in [5, 5.41) is 6.20. The van der Waals surface area contributed by atoms with Gasteiger partial charge in [0, 0.05) is 30.2 Å². The lowest BCUT2D eigenvalue weighted by Gasteiger charge is -2.32. The van der Waals surface area contributed by atoms with Crippen molar-refractivity contribution in [1.29, 1.82) is 0 Å². The molecule has 1 aromatic heterocycles. The lowest BCUT2D eigenvalue weighted by Crippen LogP contribution is -2.45. The number of para-hydroxylation sites is 1. The van der Waals surface area contributed by atoms with Gasteiger partial charge in [0.15, 0.2) is 0 Å². The van der Waals surface area contributed by atoms with Crippen molar-refractivity contribution < 1.29 is 9.59 Å². The van der Waals surface area contributed by atoms with Gasteiger partial charge in [-0.3, -0.25) is 14.4 Å². The Hall–Kier alpha value is -2.38. The van der Waals surface area contributed by atoms with Crippen LogP contribution in [0.5, 0.6) is 0 Å². The van der Waals surface area contributed by atoms with Gasteiger partial charge in [-0.15, -0.1) is 12.4 Å². The molecule has 0 aliphatic carbocycles. The van der Waals surface area contributed by atoms with Gasteiger partial charge in [0.2, 0.25) is 11.3 Å².